The maximum absolute atomic E-state index is 12.3. The smallest absolute Gasteiger partial charge is 0.342 e. The lowest BCUT2D eigenvalue weighted by molar-refractivity contribution is -0.125. The van der Waals surface area contributed by atoms with Gasteiger partial charge in [-0.25, -0.2) is 4.79 Å². The number of nitrogens with two attached hydrogens (primary N) is 1. The molecule has 0 bridgehead atoms. The van der Waals surface area contributed by atoms with Gasteiger partial charge in [0.2, 0.25) is 0 Å². The second-order valence-corrected chi connectivity index (χ2v) is 6.53. The molecule has 2 aromatic carbocycles. The molecule has 1 amide bonds. The van der Waals surface area contributed by atoms with E-state index in [4.69, 9.17) is 31.2 Å². The number of benzene rings is 2. The zero-order chi connectivity index (χ0) is 20.3. The average Bonchev–Trinajstić information content (AvgIpc) is 3.12. The number of amides is 1. The zero-order valence-electron chi connectivity index (χ0n) is 15.3. The van der Waals surface area contributed by atoms with Crippen LogP contribution >= 0.6 is 11.6 Å². The van der Waals surface area contributed by atoms with Crippen molar-refractivity contribution in [3.8, 4) is 5.75 Å². The summed E-state index contributed by atoms with van der Waals surface area (Å²) >= 11 is 5.94. The monoisotopic (exact) mass is 402 g/mol. The quantitative estimate of drug-likeness (QED) is 0.481. The summed E-state index contributed by atoms with van der Waals surface area (Å²) < 4.78 is 15.9. The van der Waals surface area contributed by atoms with E-state index >= 15 is 0 Å². The summed E-state index contributed by atoms with van der Waals surface area (Å²) in [5.74, 6) is -0.400. The first-order valence-corrected chi connectivity index (χ1v) is 8.84. The molecule has 7 nitrogen and oxygen atoms in total. The van der Waals surface area contributed by atoms with Gasteiger partial charge < -0.3 is 24.9 Å². The van der Waals surface area contributed by atoms with E-state index in [0.717, 1.165) is 11.0 Å². The third-order valence-corrected chi connectivity index (χ3v) is 4.45. The number of esters is 1. The number of hydrogen-bond donors (Lipinski definition) is 2. The first-order valence-electron chi connectivity index (χ1n) is 8.47. The number of carbonyl (C=O) groups is 2. The highest BCUT2D eigenvalue weighted by atomic mass is 35.5. The van der Waals surface area contributed by atoms with Crippen molar-refractivity contribution in [3.05, 3.63) is 58.8 Å². The molecule has 0 aliphatic rings. The molecule has 0 aliphatic heterocycles. The van der Waals surface area contributed by atoms with Crippen LogP contribution in [0.25, 0.3) is 11.0 Å². The number of methoxy groups -OCH3 is 1. The Kier molecular flexibility index (Phi) is 5.75. The molecule has 1 atom stereocenters. The van der Waals surface area contributed by atoms with Crippen molar-refractivity contribution in [3.63, 3.8) is 0 Å². The third kappa shape index (κ3) is 4.20. The molecule has 146 valence electrons. The summed E-state index contributed by atoms with van der Waals surface area (Å²) in [6, 6.07) is 11.8. The highest BCUT2D eigenvalue weighted by Crippen LogP contribution is 2.29. The number of halogens is 1. The second kappa shape index (κ2) is 8.22. The van der Waals surface area contributed by atoms with Gasteiger partial charge in [-0.05, 0) is 25.1 Å². The van der Waals surface area contributed by atoms with Gasteiger partial charge in [0.25, 0.3) is 5.91 Å². The van der Waals surface area contributed by atoms with Crippen molar-refractivity contribution in [2.75, 3.05) is 19.5 Å². The number of nitrogens with one attached hydrogen (secondary N) is 1. The normalized spacial score (nSPS) is 11.8. The largest absolute Gasteiger partial charge is 0.496 e. The minimum absolute atomic E-state index is 0.0832. The third-order valence-electron chi connectivity index (χ3n) is 4.12. The topological polar surface area (TPSA) is 104 Å². The van der Waals surface area contributed by atoms with E-state index in [-0.39, 0.29) is 28.1 Å². The molecule has 3 N–H and O–H groups in total. The van der Waals surface area contributed by atoms with Crippen molar-refractivity contribution in [2.45, 2.75) is 13.0 Å². The molecule has 1 heterocycles. The predicted octanol–water partition coefficient (Wildman–Crippen LogP) is 3.71. The molecular formula is C20H19ClN2O5. The van der Waals surface area contributed by atoms with Crippen LogP contribution in [0, 0.1) is 0 Å². The minimum Gasteiger partial charge on any atom is -0.496 e. The molecule has 0 saturated carbocycles. The van der Waals surface area contributed by atoms with Crippen LogP contribution in [0.1, 0.15) is 29.1 Å². The van der Waals surface area contributed by atoms with Crippen LogP contribution in [0.5, 0.6) is 5.75 Å². The van der Waals surface area contributed by atoms with Gasteiger partial charge in [0.15, 0.2) is 6.61 Å². The fraction of sp³-hybridized carbons (Fsp3) is 0.200. The SMILES string of the molecule is COc1cc(N)c(Cl)cc1C(=O)OCC(=O)N[C@@H](C)c1cc2ccccc2o1. The molecule has 0 saturated heterocycles. The molecule has 1 aromatic heterocycles. The van der Waals surface area contributed by atoms with Gasteiger partial charge in [0.05, 0.1) is 23.9 Å². The molecule has 28 heavy (non-hydrogen) atoms. The first kappa shape index (κ1) is 19.6. The second-order valence-electron chi connectivity index (χ2n) is 6.13. The fourth-order valence-corrected chi connectivity index (χ4v) is 2.84. The Morgan fingerprint density at radius 3 is 2.71 bits per heavy atom. The van der Waals surface area contributed by atoms with E-state index in [2.05, 4.69) is 5.32 Å². The lowest BCUT2D eigenvalue weighted by atomic mass is 10.2. The van der Waals surface area contributed by atoms with Gasteiger partial charge >= 0.3 is 5.97 Å². The summed E-state index contributed by atoms with van der Waals surface area (Å²) in [4.78, 5) is 24.4. The summed E-state index contributed by atoms with van der Waals surface area (Å²) in [5, 5.41) is 3.86. The maximum atomic E-state index is 12.3. The summed E-state index contributed by atoms with van der Waals surface area (Å²) in [6.45, 7) is 1.31. The van der Waals surface area contributed by atoms with Crippen LogP contribution in [0.4, 0.5) is 5.69 Å². The van der Waals surface area contributed by atoms with Gasteiger partial charge in [-0.2, -0.15) is 0 Å². The van der Waals surface area contributed by atoms with Crippen molar-refractivity contribution in [1.29, 1.82) is 0 Å². The number of rotatable bonds is 6. The standard InChI is InChI=1S/C20H19ClN2O5/c1-11(17-7-12-5-3-4-6-16(12)28-17)23-19(24)10-27-20(25)13-8-14(21)15(22)9-18(13)26-2/h3-9,11H,10,22H2,1-2H3,(H,23,24)/t11-/m0/s1. The molecule has 3 rings (SSSR count). The van der Waals surface area contributed by atoms with E-state index in [9.17, 15) is 9.59 Å². The van der Waals surface area contributed by atoms with Crippen LogP contribution in [0.2, 0.25) is 5.02 Å². The van der Waals surface area contributed by atoms with Crippen molar-refractivity contribution < 1.29 is 23.5 Å². The van der Waals surface area contributed by atoms with E-state index in [1.807, 2.05) is 30.3 Å². The molecule has 0 spiro atoms. The highest BCUT2D eigenvalue weighted by Gasteiger charge is 2.19. The molecule has 0 fully saturated rings. The number of carbonyl (C=O) groups excluding carboxylic acids is 2. The Hall–Kier alpha value is -3.19. The fourth-order valence-electron chi connectivity index (χ4n) is 2.68. The average molecular weight is 403 g/mol. The van der Waals surface area contributed by atoms with Crippen LogP contribution < -0.4 is 15.8 Å². The highest BCUT2D eigenvalue weighted by molar-refractivity contribution is 6.33. The Balaban J connectivity index is 1.61. The lowest BCUT2D eigenvalue weighted by Gasteiger charge is -2.13. The van der Waals surface area contributed by atoms with E-state index in [0.29, 0.717) is 5.76 Å². The Labute approximate surface area is 166 Å². The number of hydrogen-bond acceptors (Lipinski definition) is 6. The Morgan fingerprint density at radius 2 is 2.00 bits per heavy atom. The van der Waals surface area contributed by atoms with Gasteiger partial charge in [0.1, 0.15) is 22.7 Å². The molecule has 3 aromatic rings. The van der Waals surface area contributed by atoms with Crippen LogP contribution in [0.15, 0.2) is 46.9 Å². The number of furan rings is 1. The number of anilines is 1. The molecule has 8 heteroatoms. The van der Waals surface area contributed by atoms with Gasteiger partial charge in [0, 0.05) is 11.5 Å². The maximum Gasteiger partial charge on any atom is 0.342 e. The number of para-hydroxylation sites is 1. The molecular weight excluding hydrogens is 384 g/mol. The Morgan fingerprint density at radius 1 is 1.25 bits per heavy atom. The first-order chi connectivity index (χ1) is 13.4. The van der Waals surface area contributed by atoms with Crippen molar-refractivity contribution in [1.82, 2.24) is 5.32 Å². The van der Waals surface area contributed by atoms with Crippen LogP contribution in [-0.4, -0.2) is 25.6 Å². The predicted molar refractivity (Wildman–Crippen MR) is 105 cm³/mol. The van der Waals surface area contributed by atoms with E-state index in [1.54, 1.807) is 6.92 Å². The van der Waals surface area contributed by atoms with Crippen molar-refractivity contribution >= 4 is 40.1 Å². The van der Waals surface area contributed by atoms with Crippen LogP contribution in [-0.2, 0) is 9.53 Å². The van der Waals surface area contributed by atoms with Gasteiger partial charge in [-0.3, -0.25) is 4.79 Å². The molecule has 0 radical (unpaired) electrons. The lowest BCUT2D eigenvalue weighted by Crippen LogP contribution is -2.31. The minimum atomic E-state index is -0.745. The number of nitrogen functional groups attached to an aromatic ring is 1. The summed E-state index contributed by atoms with van der Waals surface area (Å²) in [5.41, 5.74) is 6.78. The zero-order valence-corrected chi connectivity index (χ0v) is 16.1. The molecule has 0 unspecified atom stereocenters. The summed E-state index contributed by atoms with van der Waals surface area (Å²) in [7, 11) is 1.39. The van der Waals surface area contributed by atoms with Crippen molar-refractivity contribution in [2.24, 2.45) is 0 Å². The van der Waals surface area contributed by atoms with Gasteiger partial charge in [-0.1, -0.05) is 29.8 Å². The number of ether oxygens (including phenoxy) is 2. The van der Waals surface area contributed by atoms with Gasteiger partial charge in [-0.15, -0.1) is 0 Å². The Bertz CT molecular complexity index is 998. The van der Waals surface area contributed by atoms with E-state index < -0.39 is 18.5 Å². The summed E-state index contributed by atoms with van der Waals surface area (Å²) in [6.07, 6.45) is 0. The van der Waals surface area contributed by atoms with Crippen LogP contribution in [0.3, 0.4) is 0 Å². The molecule has 0 aliphatic carbocycles. The van der Waals surface area contributed by atoms with E-state index in [1.165, 1.54) is 19.2 Å². The number of fused-ring (bicyclic) bond motifs is 1.